The highest BCUT2D eigenvalue weighted by Gasteiger charge is 2.16. The molecule has 2 aromatic rings. The van der Waals surface area contributed by atoms with Gasteiger partial charge in [-0.1, -0.05) is 0 Å². The van der Waals surface area contributed by atoms with Crippen molar-refractivity contribution in [2.75, 3.05) is 0 Å². The maximum Gasteiger partial charge on any atom is 0.260 e. The molecule has 4 heteroatoms. The van der Waals surface area contributed by atoms with Crippen LogP contribution in [0.15, 0.2) is 17.2 Å². The highest BCUT2D eigenvalue weighted by Crippen LogP contribution is 2.21. The third kappa shape index (κ3) is 0.798. The Morgan fingerprint density at radius 2 is 2.46 bits per heavy atom. The SMILES string of the molecule is O=c1[nH]cnc2c1cc1n2CCC1. The number of H-pyrrole nitrogens is 1. The minimum Gasteiger partial charge on any atom is -0.329 e. The Labute approximate surface area is 74.2 Å². The zero-order valence-electron chi connectivity index (χ0n) is 7.08. The fraction of sp³-hybridized carbons (Fsp3) is 0.333. The zero-order chi connectivity index (χ0) is 8.84. The van der Waals surface area contributed by atoms with Gasteiger partial charge in [-0.2, -0.15) is 0 Å². The number of aromatic amines is 1. The number of hydrogen-bond donors (Lipinski definition) is 1. The molecule has 0 bridgehead atoms. The molecule has 2 aromatic heterocycles. The Kier molecular flexibility index (Phi) is 1.17. The Bertz CT molecular complexity index is 523. The molecule has 1 aliphatic heterocycles. The average Bonchev–Trinajstić information content (AvgIpc) is 2.65. The van der Waals surface area contributed by atoms with Gasteiger partial charge >= 0.3 is 0 Å². The molecule has 0 atom stereocenters. The van der Waals surface area contributed by atoms with E-state index in [9.17, 15) is 4.79 Å². The summed E-state index contributed by atoms with van der Waals surface area (Å²) in [6.07, 6.45) is 3.70. The first-order valence-electron chi connectivity index (χ1n) is 4.42. The Balaban J connectivity index is 2.51. The van der Waals surface area contributed by atoms with E-state index in [1.165, 1.54) is 18.4 Å². The first-order valence-corrected chi connectivity index (χ1v) is 4.42. The van der Waals surface area contributed by atoms with E-state index in [0.29, 0.717) is 0 Å². The third-order valence-electron chi connectivity index (χ3n) is 2.60. The Morgan fingerprint density at radius 3 is 3.38 bits per heavy atom. The summed E-state index contributed by atoms with van der Waals surface area (Å²) in [6, 6.07) is 1.95. The van der Waals surface area contributed by atoms with Gasteiger partial charge in [0, 0.05) is 12.2 Å². The van der Waals surface area contributed by atoms with Crippen molar-refractivity contribution in [1.29, 1.82) is 0 Å². The standard InChI is InChI=1S/C9H9N3O/c13-9-7-4-6-2-1-3-12(6)8(7)10-5-11-9/h4-5H,1-3H2,(H,10,11,13). The van der Waals surface area contributed by atoms with Crippen LogP contribution in [0.3, 0.4) is 0 Å². The van der Waals surface area contributed by atoms with Gasteiger partial charge in [0.2, 0.25) is 0 Å². The quantitative estimate of drug-likeness (QED) is 0.639. The molecule has 0 saturated heterocycles. The molecule has 0 radical (unpaired) electrons. The third-order valence-corrected chi connectivity index (χ3v) is 2.60. The van der Waals surface area contributed by atoms with Crippen molar-refractivity contribution < 1.29 is 0 Å². The van der Waals surface area contributed by atoms with Crippen LogP contribution in [0, 0.1) is 0 Å². The maximum absolute atomic E-state index is 11.4. The molecule has 0 aliphatic carbocycles. The van der Waals surface area contributed by atoms with Crippen LogP contribution in [0.2, 0.25) is 0 Å². The topological polar surface area (TPSA) is 50.7 Å². The monoisotopic (exact) mass is 175 g/mol. The van der Waals surface area contributed by atoms with Crippen LogP contribution in [-0.4, -0.2) is 14.5 Å². The molecule has 3 rings (SSSR count). The molecule has 0 amide bonds. The van der Waals surface area contributed by atoms with E-state index in [-0.39, 0.29) is 5.56 Å². The lowest BCUT2D eigenvalue weighted by molar-refractivity contribution is 0.764. The summed E-state index contributed by atoms with van der Waals surface area (Å²) in [4.78, 5) is 18.1. The molecule has 13 heavy (non-hydrogen) atoms. The van der Waals surface area contributed by atoms with Gasteiger partial charge in [0.15, 0.2) is 0 Å². The van der Waals surface area contributed by atoms with Crippen LogP contribution in [0.4, 0.5) is 0 Å². The summed E-state index contributed by atoms with van der Waals surface area (Å²) < 4.78 is 2.13. The highest BCUT2D eigenvalue weighted by molar-refractivity contribution is 5.76. The van der Waals surface area contributed by atoms with Crippen molar-refractivity contribution in [1.82, 2.24) is 14.5 Å². The van der Waals surface area contributed by atoms with Gasteiger partial charge in [0.25, 0.3) is 5.56 Å². The summed E-state index contributed by atoms with van der Waals surface area (Å²) in [6.45, 7) is 0.995. The van der Waals surface area contributed by atoms with Gasteiger partial charge in [-0.25, -0.2) is 4.98 Å². The minimum absolute atomic E-state index is 0.0353. The van der Waals surface area contributed by atoms with Crippen molar-refractivity contribution in [3.63, 3.8) is 0 Å². The minimum atomic E-state index is -0.0353. The smallest absolute Gasteiger partial charge is 0.260 e. The molecule has 0 aromatic carbocycles. The maximum atomic E-state index is 11.4. The zero-order valence-corrected chi connectivity index (χ0v) is 7.08. The first kappa shape index (κ1) is 6.88. The van der Waals surface area contributed by atoms with E-state index < -0.39 is 0 Å². The summed E-state index contributed by atoms with van der Waals surface area (Å²) >= 11 is 0. The van der Waals surface area contributed by atoms with Crippen molar-refractivity contribution in [2.45, 2.75) is 19.4 Å². The van der Waals surface area contributed by atoms with Crippen LogP contribution in [0.1, 0.15) is 12.1 Å². The second kappa shape index (κ2) is 2.22. The molecule has 0 spiro atoms. The normalized spacial score (nSPS) is 15.1. The summed E-state index contributed by atoms with van der Waals surface area (Å²) in [7, 11) is 0. The van der Waals surface area contributed by atoms with Crippen LogP contribution < -0.4 is 5.56 Å². The van der Waals surface area contributed by atoms with E-state index in [1.807, 2.05) is 6.07 Å². The predicted octanol–water partition coefficient (Wildman–Crippen LogP) is 0.671. The fourth-order valence-corrected chi connectivity index (χ4v) is 2.00. The van der Waals surface area contributed by atoms with Gasteiger partial charge in [0.1, 0.15) is 5.65 Å². The Morgan fingerprint density at radius 1 is 1.54 bits per heavy atom. The van der Waals surface area contributed by atoms with Crippen LogP contribution in [0.25, 0.3) is 11.0 Å². The van der Waals surface area contributed by atoms with Gasteiger partial charge < -0.3 is 9.55 Å². The Hall–Kier alpha value is -1.58. The lowest BCUT2D eigenvalue weighted by Crippen LogP contribution is -2.06. The number of aryl methyl sites for hydroxylation is 2. The summed E-state index contributed by atoms with van der Waals surface area (Å²) in [5, 5.41) is 0.720. The number of rotatable bonds is 0. The molecular weight excluding hydrogens is 166 g/mol. The van der Waals surface area contributed by atoms with E-state index >= 15 is 0 Å². The van der Waals surface area contributed by atoms with Crippen LogP contribution >= 0.6 is 0 Å². The molecular formula is C9H9N3O. The summed E-state index contributed by atoms with van der Waals surface area (Å²) in [5.74, 6) is 0. The molecule has 4 nitrogen and oxygen atoms in total. The van der Waals surface area contributed by atoms with Crippen molar-refractivity contribution in [3.8, 4) is 0 Å². The van der Waals surface area contributed by atoms with Crippen LogP contribution in [0.5, 0.6) is 0 Å². The van der Waals surface area contributed by atoms with E-state index in [0.717, 1.165) is 24.0 Å². The van der Waals surface area contributed by atoms with Gasteiger partial charge in [-0.15, -0.1) is 0 Å². The van der Waals surface area contributed by atoms with Gasteiger partial charge in [-0.05, 0) is 18.9 Å². The van der Waals surface area contributed by atoms with Gasteiger partial charge in [0.05, 0.1) is 11.7 Å². The van der Waals surface area contributed by atoms with Crippen molar-refractivity contribution >= 4 is 11.0 Å². The largest absolute Gasteiger partial charge is 0.329 e. The van der Waals surface area contributed by atoms with Crippen molar-refractivity contribution in [3.05, 3.63) is 28.4 Å². The van der Waals surface area contributed by atoms with E-state index in [1.54, 1.807) is 0 Å². The molecule has 0 fully saturated rings. The molecule has 1 N–H and O–H groups in total. The molecule has 3 heterocycles. The summed E-state index contributed by atoms with van der Waals surface area (Å²) in [5.41, 5.74) is 2.03. The predicted molar refractivity (Wildman–Crippen MR) is 48.7 cm³/mol. The van der Waals surface area contributed by atoms with Crippen LogP contribution in [-0.2, 0) is 13.0 Å². The van der Waals surface area contributed by atoms with E-state index in [2.05, 4.69) is 14.5 Å². The molecule has 66 valence electrons. The molecule has 1 aliphatic rings. The number of hydrogen-bond acceptors (Lipinski definition) is 2. The number of aromatic nitrogens is 3. The van der Waals surface area contributed by atoms with Gasteiger partial charge in [-0.3, -0.25) is 4.79 Å². The number of fused-ring (bicyclic) bond motifs is 3. The average molecular weight is 175 g/mol. The molecule has 0 saturated carbocycles. The number of nitrogens with zero attached hydrogens (tertiary/aromatic N) is 2. The number of nitrogens with one attached hydrogen (secondary N) is 1. The lowest BCUT2D eigenvalue weighted by atomic mass is 10.3. The highest BCUT2D eigenvalue weighted by atomic mass is 16.1. The molecule has 0 unspecified atom stereocenters. The first-order chi connectivity index (χ1) is 6.36. The second-order valence-electron chi connectivity index (χ2n) is 3.36. The van der Waals surface area contributed by atoms with Crippen molar-refractivity contribution in [2.24, 2.45) is 0 Å². The van der Waals surface area contributed by atoms with E-state index in [4.69, 9.17) is 0 Å². The fourth-order valence-electron chi connectivity index (χ4n) is 2.00. The lowest BCUT2D eigenvalue weighted by Gasteiger charge is -1.96. The second-order valence-corrected chi connectivity index (χ2v) is 3.36.